The molecule has 0 aromatic carbocycles. The highest BCUT2D eigenvalue weighted by atomic mass is 16.4. The smallest absolute Gasteiger partial charge is 0.356 e. The molecule has 0 atom stereocenters. The molecule has 1 aliphatic rings. The molecule has 1 aromatic heterocycles. The molecule has 0 amide bonds. The predicted molar refractivity (Wildman–Crippen MR) is 66.5 cm³/mol. The van der Waals surface area contributed by atoms with Crippen LogP contribution in [0.4, 0.5) is 5.69 Å². The fraction of sp³-hybridized carbons (Fsp3) is 0.538. The van der Waals surface area contributed by atoms with E-state index >= 15 is 0 Å². The summed E-state index contributed by atoms with van der Waals surface area (Å²) in [5.41, 5.74) is 0.882. The standard InChI is InChI=1S/C13H18N2O2/c1-15(10-6-3-2-4-7-10)11-8-5-9-14-12(11)13(16)17/h5,8-10H,2-4,6-7H2,1H3,(H,16,17). The van der Waals surface area contributed by atoms with Gasteiger partial charge in [0, 0.05) is 19.3 Å². The van der Waals surface area contributed by atoms with E-state index in [4.69, 9.17) is 5.11 Å². The van der Waals surface area contributed by atoms with Crippen molar-refractivity contribution in [2.75, 3.05) is 11.9 Å². The summed E-state index contributed by atoms with van der Waals surface area (Å²) >= 11 is 0. The van der Waals surface area contributed by atoms with Gasteiger partial charge >= 0.3 is 5.97 Å². The number of carboxylic acid groups (broad SMARTS) is 1. The molecule has 0 saturated heterocycles. The average Bonchev–Trinajstić information content (AvgIpc) is 2.39. The fourth-order valence-electron chi connectivity index (χ4n) is 2.51. The topological polar surface area (TPSA) is 53.4 Å². The maximum Gasteiger partial charge on any atom is 0.356 e. The number of carbonyl (C=O) groups is 1. The largest absolute Gasteiger partial charge is 0.476 e. The van der Waals surface area contributed by atoms with Crippen LogP contribution in [0.2, 0.25) is 0 Å². The molecule has 4 nitrogen and oxygen atoms in total. The van der Waals surface area contributed by atoms with E-state index in [9.17, 15) is 4.79 Å². The fourth-order valence-corrected chi connectivity index (χ4v) is 2.51. The van der Waals surface area contributed by atoms with Crippen molar-refractivity contribution in [2.45, 2.75) is 38.1 Å². The summed E-state index contributed by atoms with van der Waals surface area (Å²) in [4.78, 5) is 17.2. The third-order valence-corrected chi connectivity index (χ3v) is 3.49. The molecule has 1 aromatic rings. The van der Waals surface area contributed by atoms with Crippen LogP contribution in [-0.2, 0) is 0 Å². The zero-order valence-electron chi connectivity index (χ0n) is 10.1. The summed E-state index contributed by atoms with van der Waals surface area (Å²) in [6.45, 7) is 0. The minimum atomic E-state index is -0.955. The molecule has 0 spiro atoms. The third kappa shape index (κ3) is 2.57. The summed E-state index contributed by atoms with van der Waals surface area (Å²) in [7, 11) is 1.97. The van der Waals surface area contributed by atoms with Gasteiger partial charge in [-0.05, 0) is 25.0 Å². The van der Waals surface area contributed by atoms with Crippen LogP contribution in [0.25, 0.3) is 0 Å². The van der Waals surface area contributed by atoms with E-state index in [2.05, 4.69) is 9.88 Å². The minimum Gasteiger partial charge on any atom is -0.476 e. The Balaban J connectivity index is 2.23. The summed E-state index contributed by atoms with van der Waals surface area (Å²) in [5, 5.41) is 9.12. The van der Waals surface area contributed by atoms with Gasteiger partial charge in [-0.2, -0.15) is 0 Å². The van der Waals surface area contributed by atoms with Gasteiger partial charge in [-0.15, -0.1) is 0 Å². The van der Waals surface area contributed by atoms with Crippen LogP contribution in [-0.4, -0.2) is 29.1 Å². The summed E-state index contributed by atoms with van der Waals surface area (Å²) in [6.07, 6.45) is 7.58. The molecule has 1 N–H and O–H groups in total. The van der Waals surface area contributed by atoms with E-state index in [1.807, 2.05) is 13.1 Å². The lowest BCUT2D eigenvalue weighted by atomic mass is 9.94. The van der Waals surface area contributed by atoms with Crippen molar-refractivity contribution in [3.05, 3.63) is 24.0 Å². The normalized spacial score (nSPS) is 16.8. The van der Waals surface area contributed by atoms with Gasteiger partial charge in [-0.3, -0.25) is 0 Å². The average molecular weight is 234 g/mol. The van der Waals surface area contributed by atoms with Crippen molar-refractivity contribution in [2.24, 2.45) is 0 Å². The number of aromatic nitrogens is 1. The lowest BCUT2D eigenvalue weighted by Gasteiger charge is -2.33. The van der Waals surface area contributed by atoms with Crippen LogP contribution >= 0.6 is 0 Å². The number of hydrogen-bond donors (Lipinski definition) is 1. The molecule has 2 rings (SSSR count). The molecule has 4 heteroatoms. The molecular weight excluding hydrogens is 216 g/mol. The summed E-state index contributed by atoms with van der Waals surface area (Å²) in [5.74, 6) is -0.955. The van der Waals surface area contributed by atoms with Crippen LogP contribution in [0.3, 0.4) is 0 Å². The Bertz CT molecular complexity index is 400. The first-order chi connectivity index (χ1) is 8.20. The maximum absolute atomic E-state index is 11.1. The van der Waals surface area contributed by atoms with Gasteiger partial charge in [0.2, 0.25) is 0 Å². The molecule has 1 aliphatic carbocycles. The Kier molecular flexibility index (Phi) is 3.61. The van der Waals surface area contributed by atoms with Gasteiger partial charge in [0.05, 0.1) is 5.69 Å². The zero-order chi connectivity index (χ0) is 12.3. The van der Waals surface area contributed by atoms with Crippen molar-refractivity contribution >= 4 is 11.7 Å². The SMILES string of the molecule is CN(c1cccnc1C(=O)O)C1CCCCC1. The number of pyridine rings is 1. The van der Waals surface area contributed by atoms with E-state index < -0.39 is 5.97 Å². The second kappa shape index (κ2) is 5.17. The third-order valence-electron chi connectivity index (χ3n) is 3.49. The number of carboxylic acids is 1. The summed E-state index contributed by atoms with van der Waals surface area (Å²) < 4.78 is 0. The highest BCUT2D eigenvalue weighted by molar-refractivity contribution is 5.92. The predicted octanol–water partition coefficient (Wildman–Crippen LogP) is 2.55. The molecule has 0 unspecified atom stereocenters. The molecule has 1 saturated carbocycles. The van der Waals surface area contributed by atoms with Crippen molar-refractivity contribution in [1.29, 1.82) is 0 Å². The van der Waals surface area contributed by atoms with E-state index in [0.717, 1.165) is 18.5 Å². The molecule has 17 heavy (non-hydrogen) atoms. The molecule has 0 radical (unpaired) electrons. The Morgan fingerprint density at radius 1 is 1.41 bits per heavy atom. The quantitative estimate of drug-likeness (QED) is 0.873. The first-order valence-electron chi connectivity index (χ1n) is 6.11. The lowest BCUT2D eigenvalue weighted by Crippen LogP contribution is -2.34. The first kappa shape index (κ1) is 11.9. The van der Waals surface area contributed by atoms with E-state index in [1.54, 1.807) is 6.07 Å². The molecule has 1 heterocycles. The summed E-state index contributed by atoms with van der Waals surface area (Å²) in [6, 6.07) is 4.08. The zero-order valence-corrected chi connectivity index (χ0v) is 10.1. The second-order valence-corrected chi connectivity index (χ2v) is 4.58. The number of aromatic carboxylic acids is 1. The van der Waals surface area contributed by atoms with Gasteiger partial charge in [0.1, 0.15) is 0 Å². The van der Waals surface area contributed by atoms with Gasteiger partial charge in [0.25, 0.3) is 0 Å². The highest BCUT2D eigenvalue weighted by Gasteiger charge is 2.22. The van der Waals surface area contributed by atoms with Crippen molar-refractivity contribution in [3.63, 3.8) is 0 Å². The van der Waals surface area contributed by atoms with Crippen LogP contribution in [0, 0.1) is 0 Å². The van der Waals surface area contributed by atoms with Crippen LogP contribution in [0.15, 0.2) is 18.3 Å². The molecule has 1 fully saturated rings. The Hall–Kier alpha value is -1.58. The first-order valence-corrected chi connectivity index (χ1v) is 6.11. The monoisotopic (exact) mass is 234 g/mol. The lowest BCUT2D eigenvalue weighted by molar-refractivity contribution is 0.0691. The van der Waals surface area contributed by atoms with Crippen LogP contribution in [0.1, 0.15) is 42.6 Å². The van der Waals surface area contributed by atoms with Gasteiger partial charge < -0.3 is 10.0 Å². The molecule has 92 valence electrons. The second-order valence-electron chi connectivity index (χ2n) is 4.58. The molecule has 0 bridgehead atoms. The Morgan fingerprint density at radius 2 is 2.12 bits per heavy atom. The van der Waals surface area contributed by atoms with E-state index in [0.29, 0.717) is 6.04 Å². The highest BCUT2D eigenvalue weighted by Crippen LogP contribution is 2.27. The Morgan fingerprint density at radius 3 is 2.76 bits per heavy atom. The van der Waals surface area contributed by atoms with E-state index in [-0.39, 0.29) is 5.69 Å². The van der Waals surface area contributed by atoms with Gasteiger partial charge in [-0.1, -0.05) is 19.3 Å². The molecular formula is C13H18N2O2. The van der Waals surface area contributed by atoms with Gasteiger partial charge in [-0.25, -0.2) is 9.78 Å². The van der Waals surface area contributed by atoms with Crippen LogP contribution < -0.4 is 4.90 Å². The number of rotatable bonds is 3. The number of nitrogens with zero attached hydrogens (tertiary/aromatic N) is 2. The number of hydrogen-bond acceptors (Lipinski definition) is 3. The van der Waals surface area contributed by atoms with Crippen LogP contribution in [0.5, 0.6) is 0 Å². The molecule has 0 aliphatic heterocycles. The van der Waals surface area contributed by atoms with Crippen molar-refractivity contribution in [3.8, 4) is 0 Å². The van der Waals surface area contributed by atoms with Crippen molar-refractivity contribution in [1.82, 2.24) is 4.98 Å². The minimum absolute atomic E-state index is 0.153. The Labute approximate surface area is 101 Å². The van der Waals surface area contributed by atoms with Crippen molar-refractivity contribution < 1.29 is 9.90 Å². The maximum atomic E-state index is 11.1. The van der Waals surface area contributed by atoms with E-state index in [1.165, 1.54) is 25.5 Å². The number of anilines is 1. The van der Waals surface area contributed by atoms with Gasteiger partial charge in [0.15, 0.2) is 5.69 Å².